The highest BCUT2D eigenvalue weighted by atomic mass is 79.9. The second-order valence-corrected chi connectivity index (χ2v) is 7.73. The lowest BCUT2D eigenvalue weighted by molar-refractivity contribution is 0.595. The van der Waals surface area contributed by atoms with Gasteiger partial charge in [-0.15, -0.1) is 0 Å². The van der Waals surface area contributed by atoms with Gasteiger partial charge in [-0.2, -0.15) is 0 Å². The molecule has 0 amide bonds. The number of hydrogen-bond donors (Lipinski definition) is 1. The summed E-state index contributed by atoms with van der Waals surface area (Å²) in [5.41, 5.74) is 1.80. The maximum atomic E-state index is 11.5. The average molecular weight is 355 g/mol. The van der Waals surface area contributed by atoms with Crippen LogP contribution in [0, 0.1) is 6.92 Å². The van der Waals surface area contributed by atoms with E-state index in [1.54, 1.807) is 6.07 Å². The molecule has 0 atom stereocenters. The Kier molecular flexibility index (Phi) is 5.95. The van der Waals surface area contributed by atoms with Crippen molar-refractivity contribution in [1.82, 2.24) is 0 Å². The first-order valence-electron chi connectivity index (χ1n) is 5.75. The highest BCUT2D eigenvalue weighted by Gasteiger charge is 2.09. The third-order valence-electron chi connectivity index (χ3n) is 2.49. The van der Waals surface area contributed by atoms with Gasteiger partial charge in [-0.1, -0.05) is 18.5 Å². The molecule has 0 unspecified atom stereocenters. The number of hydrogen-bond acceptors (Lipinski definition) is 3. The van der Waals surface area contributed by atoms with Gasteiger partial charge in [0.25, 0.3) is 0 Å². The van der Waals surface area contributed by atoms with Crippen molar-refractivity contribution < 1.29 is 8.42 Å². The molecule has 0 aliphatic carbocycles. The normalized spacial score (nSPS) is 11.6. The lowest BCUT2D eigenvalue weighted by Gasteiger charge is -2.10. The molecule has 0 spiro atoms. The summed E-state index contributed by atoms with van der Waals surface area (Å²) in [6.07, 6.45) is 0.655. The molecule has 18 heavy (non-hydrogen) atoms. The van der Waals surface area contributed by atoms with Crippen molar-refractivity contribution in [2.75, 3.05) is 23.4 Å². The topological polar surface area (TPSA) is 46.2 Å². The summed E-state index contributed by atoms with van der Waals surface area (Å²) in [5, 5.41) is 3.75. The molecule has 102 valence electrons. The quantitative estimate of drug-likeness (QED) is 0.848. The van der Waals surface area contributed by atoms with Crippen molar-refractivity contribution in [1.29, 1.82) is 0 Å². The highest BCUT2D eigenvalue weighted by Crippen LogP contribution is 2.28. The number of sulfone groups is 1. The van der Waals surface area contributed by atoms with Crippen LogP contribution in [0.15, 0.2) is 16.6 Å². The summed E-state index contributed by atoms with van der Waals surface area (Å²) in [5.74, 6) is 0.378. The van der Waals surface area contributed by atoms with Crippen LogP contribution in [0.2, 0.25) is 5.02 Å². The molecule has 0 bridgehead atoms. The maximum Gasteiger partial charge on any atom is 0.152 e. The van der Waals surface area contributed by atoms with E-state index < -0.39 is 9.84 Å². The van der Waals surface area contributed by atoms with Crippen LogP contribution in [0.25, 0.3) is 0 Å². The minimum absolute atomic E-state index is 0.138. The molecule has 0 radical (unpaired) electrons. The molecule has 1 aromatic rings. The van der Waals surface area contributed by atoms with Gasteiger partial charge in [-0.05, 0) is 47.0 Å². The molecule has 0 aliphatic heterocycles. The molecule has 3 nitrogen and oxygen atoms in total. The summed E-state index contributed by atoms with van der Waals surface area (Å²) >= 11 is 9.45. The standard InChI is InChI=1S/C12H17BrClNO2S/c1-3-5-18(16,17)6-4-15-12-8-11(14)9(2)7-10(12)13/h7-8,15H,3-6H2,1-2H3. The fraction of sp³-hybridized carbons (Fsp3) is 0.500. The first-order chi connectivity index (χ1) is 8.35. The number of anilines is 1. The zero-order chi connectivity index (χ0) is 13.8. The second-order valence-electron chi connectivity index (χ2n) is 4.16. The molecule has 0 saturated carbocycles. The van der Waals surface area contributed by atoms with Gasteiger partial charge in [-0.3, -0.25) is 0 Å². The van der Waals surface area contributed by atoms with Crippen LogP contribution in [-0.2, 0) is 9.84 Å². The van der Waals surface area contributed by atoms with E-state index in [4.69, 9.17) is 11.6 Å². The third kappa shape index (κ3) is 4.78. The van der Waals surface area contributed by atoms with E-state index in [0.29, 0.717) is 18.0 Å². The van der Waals surface area contributed by atoms with Crippen LogP contribution >= 0.6 is 27.5 Å². The van der Waals surface area contributed by atoms with Crippen LogP contribution in [0.5, 0.6) is 0 Å². The Hall–Kier alpha value is -0.260. The lowest BCUT2D eigenvalue weighted by Crippen LogP contribution is -2.18. The molecule has 0 aromatic heterocycles. The minimum Gasteiger partial charge on any atom is -0.383 e. The minimum atomic E-state index is -2.94. The molecule has 6 heteroatoms. The van der Waals surface area contributed by atoms with Crippen molar-refractivity contribution in [2.24, 2.45) is 0 Å². The van der Waals surface area contributed by atoms with Crippen LogP contribution in [-0.4, -0.2) is 26.5 Å². The first-order valence-corrected chi connectivity index (χ1v) is 8.75. The van der Waals surface area contributed by atoms with Gasteiger partial charge in [0.2, 0.25) is 0 Å². The first kappa shape index (κ1) is 15.8. The average Bonchev–Trinajstić information content (AvgIpc) is 2.25. The molecule has 1 aromatic carbocycles. The molecule has 0 fully saturated rings. The van der Waals surface area contributed by atoms with E-state index >= 15 is 0 Å². The van der Waals surface area contributed by atoms with Crippen LogP contribution in [0.3, 0.4) is 0 Å². The van der Waals surface area contributed by atoms with E-state index in [2.05, 4.69) is 21.2 Å². The van der Waals surface area contributed by atoms with Crippen LogP contribution < -0.4 is 5.32 Å². The Bertz CT molecular complexity index is 517. The summed E-state index contributed by atoms with van der Waals surface area (Å²) in [6, 6.07) is 3.71. The molecular formula is C12H17BrClNO2S. The largest absolute Gasteiger partial charge is 0.383 e. The molecule has 0 aliphatic rings. The summed E-state index contributed by atoms with van der Waals surface area (Å²) < 4.78 is 24.0. The van der Waals surface area contributed by atoms with Gasteiger partial charge in [-0.25, -0.2) is 8.42 Å². The fourth-order valence-corrected chi connectivity index (χ4v) is 3.54. The van der Waals surface area contributed by atoms with E-state index in [-0.39, 0.29) is 11.5 Å². The zero-order valence-corrected chi connectivity index (χ0v) is 13.6. The van der Waals surface area contributed by atoms with Crippen molar-refractivity contribution in [3.63, 3.8) is 0 Å². The van der Waals surface area contributed by atoms with E-state index in [9.17, 15) is 8.42 Å². The van der Waals surface area contributed by atoms with Crippen LogP contribution in [0.4, 0.5) is 5.69 Å². The number of aryl methyl sites for hydroxylation is 1. The number of halogens is 2. The molecule has 1 rings (SSSR count). The highest BCUT2D eigenvalue weighted by molar-refractivity contribution is 9.10. The van der Waals surface area contributed by atoms with E-state index in [1.165, 1.54) is 0 Å². The number of nitrogens with one attached hydrogen (secondary N) is 1. The van der Waals surface area contributed by atoms with Gasteiger partial charge < -0.3 is 5.32 Å². The monoisotopic (exact) mass is 353 g/mol. The Morgan fingerprint density at radius 3 is 2.61 bits per heavy atom. The Balaban J connectivity index is 2.62. The van der Waals surface area contributed by atoms with Crippen molar-refractivity contribution >= 4 is 43.1 Å². The predicted molar refractivity (Wildman–Crippen MR) is 81.3 cm³/mol. The Labute approximate surface area is 122 Å². The van der Waals surface area contributed by atoms with Gasteiger partial charge in [0.15, 0.2) is 9.84 Å². The lowest BCUT2D eigenvalue weighted by atomic mass is 10.2. The van der Waals surface area contributed by atoms with Crippen molar-refractivity contribution in [2.45, 2.75) is 20.3 Å². The van der Waals surface area contributed by atoms with Gasteiger partial charge in [0.1, 0.15) is 0 Å². The SMILES string of the molecule is CCCS(=O)(=O)CCNc1cc(Cl)c(C)cc1Br. The predicted octanol–water partition coefficient (Wildman–Crippen LogP) is 3.65. The zero-order valence-electron chi connectivity index (χ0n) is 10.5. The second kappa shape index (κ2) is 6.78. The van der Waals surface area contributed by atoms with Crippen molar-refractivity contribution in [3.8, 4) is 0 Å². The summed E-state index contributed by atoms with van der Waals surface area (Å²) in [4.78, 5) is 0. The summed E-state index contributed by atoms with van der Waals surface area (Å²) in [6.45, 7) is 4.17. The fourth-order valence-electron chi connectivity index (χ4n) is 1.54. The van der Waals surface area contributed by atoms with E-state index in [0.717, 1.165) is 15.7 Å². The Morgan fingerprint density at radius 2 is 2.00 bits per heavy atom. The van der Waals surface area contributed by atoms with Crippen LogP contribution in [0.1, 0.15) is 18.9 Å². The van der Waals surface area contributed by atoms with Gasteiger partial charge >= 0.3 is 0 Å². The molecule has 0 saturated heterocycles. The van der Waals surface area contributed by atoms with Gasteiger partial charge in [0, 0.05) is 27.5 Å². The van der Waals surface area contributed by atoms with Crippen molar-refractivity contribution in [3.05, 3.63) is 27.2 Å². The molecular weight excluding hydrogens is 338 g/mol. The van der Waals surface area contributed by atoms with E-state index in [1.807, 2.05) is 19.9 Å². The number of benzene rings is 1. The Morgan fingerprint density at radius 1 is 1.33 bits per heavy atom. The third-order valence-corrected chi connectivity index (χ3v) is 5.41. The number of rotatable bonds is 6. The molecule has 0 heterocycles. The smallest absolute Gasteiger partial charge is 0.152 e. The van der Waals surface area contributed by atoms with Gasteiger partial charge in [0.05, 0.1) is 5.75 Å². The summed E-state index contributed by atoms with van der Waals surface area (Å²) in [7, 11) is -2.94. The maximum absolute atomic E-state index is 11.5. The molecule has 1 N–H and O–H groups in total.